The molecule has 2 aromatic rings. The number of carbonyl (C=O) groups excluding carboxylic acids is 3. The van der Waals surface area contributed by atoms with Crippen LogP contribution in [0.3, 0.4) is 0 Å². The van der Waals surface area contributed by atoms with Crippen molar-refractivity contribution in [2.24, 2.45) is 5.92 Å². The van der Waals surface area contributed by atoms with Crippen LogP contribution in [0, 0.1) is 19.8 Å². The number of benzene rings is 2. The summed E-state index contributed by atoms with van der Waals surface area (Å²) in [6.45, 7) is 16.0. The van der Waals surface area contributed by atoms with Gasteiger partial charge in [-0.25, -0.2) is 4.79 Å². The highest BCUT2D eigenvalue weighted by Crippen LogP contribution is 2.28. The fourth-order valence-corrected chi connectivity index (χ4v) is 4.35. The number of aryl methyl sites for hydroxylation is 1. The minimum absolute atomic E-state index is 0.133. The molecule has 2 N–H and O–H groups in total. The second-order valence-corrected chi connectivity index (χ2v) is 11.3. The van der Waals surface area contributed by atoms with Crippen LogP contribution in [0.25, 0.3) is 0 Å². The molecule has 0 saturated heterocycles. The van der Waals surface area contributed by atoms with Crippen molar-refractivity contribution in [2.45, 2.75) is 92.5 Å². The Labute approximate surface area is 228 Å². The van der Waals surface area contributed by atoms with Gasteiger partial charge in [0.15, 0.2) is 0 Å². The molecule has 0 spiro atoms. The van der Waals surface area contributed by atoms with Gasteiger partial charge < -0.3 is 20.3 Å². The fraction of sp³-hybridized carbons (Fsp3) is 0.516. The summed E-state index contributed by atoms with van der Waals surface area (Å²) < 4.78 is 5.45. The van der Waals surface area contributed by atoms with Crippen LogP contribution in [0.5, 0.6) is 0 Å². The maximum atomic E-state index is 14.1. The largest absolute Gasteiger partial charge is 0.444 e. The molecule has 0 heterocycles. The van der Waals surface area contributed by atoms with E-state index < -0.39 is 23.8 Å². The van der Waals surface area contributed by atoms with E-state index in [-0.39, 0.29) is 17.7 Å². The van der Waals surface area contributed by atoms with Crippen molar-refractivity contribution in [3.63, 3.8) is 0 Å². The highest BCUT2D eigenvalue weighted by Gasteiger charge is 2.36. The highest BCUT2D eigenvalue weighted by atomic mass is 16.6. The van der Waals surface area contributed by atoms with Gasteiger partial charge in [0.05, 0.1) is 0 Å². The van der Waals surface area contributed by atoms with Gasteiger partial charge in [-0.15, -0.1) is 0 Å². The first-order chi connectivity index (χ1) is 17.8. The summed E-state index contributed by atoms with van der Waals surface area (Å²) in [5.74, 6) is -0.425. The van der Waals surface area contributed by atoms with Gasteiger partial charge in [-0.3, -0.25) is 9.59 Å². The summed E-state index contributed by atoms with van der Waals surface area (Å²) in [5.41, 5.74) is 3.05. The summed E-state index contributed by atoms with van der Waals surface area (Å²) in [6.07, 6.45) is 0.424. The lowest BCUT2D eigenvalue weighted by Gasteiger charge is -2.35. The number of amides is 3. The average molecular weight is 524 g/mol. The molecule has 3 amide bonds. The molecule has 0 aliphatic rings. The van der Waals surface area contributed by atoms with E-state index in [0.717, 1.165) is 22.3 Å². The van der Waals surface area contributed by atoms with Crippen molar-refractivity contribution >= 4 is 17.9 Å². The molecule has 7 heteroatoms. The van der Waals surface area contributed by atoms with Crippen LogP contribution in [0.2, 0.25) is 0 Å². The molecule has 2 atom stereocenters. The maximum absolute atomic E-state index is 14.1. The summed E-state index contributed by atoms with van der Waals surface area (Å²) in [4.78, 5) is 42.3. The molecule has 0 aliphatic heterocycles. The third-order valence-corrected chi connectivity index (χ3v) is 6.25. The molecule has 0 aromatic heterocycles. The first-order valence-electron chi connectivity index (χ1n) is 13.5. The van der Waals surface area contributed by atoms with Gasteiger partial charge in [0.2, 0.25) is 11.8 Å². The molecule has 0 radical (unpaired) electrons. The molecule has 0 fully saturated rings. The monoisotopic (exact) mass is 523 g/mol. The van der Waals surface area contributed by atoms with Crippen LogP contribution in [0.1, 0.15) is 82.7 Å². The third-order valence-electron chi connectivity index (χ3n) is 6.25. The minimum atomic E-state index is -0.846. The number of hydrogen-bond donors (Lipinski definition) is 2. The van der Waals surface area contributed by atoms with Crippen molar-refractivity contribution < 1.29 is 19.1 Å². The second-order valence-electron chi connectivity index (χ2n) is 11.3. The lowest BCUT2D eigenvalue weighted by molar-refractivity contribution is -0.143. The van der Waals surface area contributed by atoms with E-state index in [1.807, 2.05) is 83.1 Å². The molecule has 2 rings (SSSR count). The minimum Gasteiger partial charge on any atom is -0.444 e. The number of hydrogen-bond acceptors (Lipinski definition) is 4. The van der Waals surface area contributed by atoms with E-state index in [1.54, 1.807) is 25.7 Å². The molecule has 0 aliphatic carbocycles. The molecule has 2 aromatic carbocycles. The van der Waals surface area contributed by atoms with Crippen LogP contribution >= 0.6 is 0 Å². The molecule has 0 bridgehead atoms. The topological polar surface area (TPSA) is 87.7 Å². The molecule has 208 valence electrons. The summed E-state index contributed by atoms with van der Waals surface area (Å²) in [5, 5.41) is 5.83. The van der Waals surface area contributed by atoms with Crippen molar-refractivity contribution in [1.29, 1.82) is 0 Å². The van der Waals surface area contributed by atoms with Gasteiger partial charge in [-0.1, -0.05) is 69.3 Å². The van der Waals surface area contributed by atoms with Gasteiger partial charge in [-0.05, 0) is 75.6 Å². The number of rotatable bonds is 11. The second kappa shape index (κ2) is 14.0. The number of ether oxygens (including phenoxy) is 1. The average Bonchev–Trinajstić information content (AvgIpc) is 2.83. The number of carbonyl (C=O) groups is 3. The van der Waals surface area contributed by atoms with Crippen molar-refractivity contribution in [3.05, 3.63) is 70.8 Å². The van der Waals surface area contributed by atoms with Crippen molar-refractivity contribution in [1.82, 2.24) is 15.5 Å². The van der Waals surface area contributed by atoms with E-state index in [0.29, 0.717) is 25.9 Å². The molecular weight excluding hydrogens is 478 g/mol. The Morgan fingerprint density at radius 3 is 2.21 bits per heavy atom. The zero-order valence-corrected chi connectivity index (χ0v) is 24.3. The molecule has 2 unspecified atom stereocenters. The summed E-state index contributed by atoms with van der Waals surface area (Å²) >= 11 is 0. The van der Waals surface area contributed by atoms with Gasteiger partial charge in [0, 0.05) is 13.1 Å². The lowest BCUT2D eigenvalue weighted by Crippen LogP contribution is -2.53. The van der Waals surface area contributed by atoms with Crippen LogP contribution in [0.15, 0.2) is 48.5 Å². The van der Waals surface area contributed by atoms with Crippen LogP contribution < -0.4 is 10.6 Å². The Morgan fingerprint density at radius 1 is 0.974 bits per heavy atom. The Kier molecular flexibility index (Phi) is 11.4. The Bertz CT molecular complexity index is 1080. The highest BCUT2D eigenvalue weighted by molar-refractivity contribution is 5.92. The van der Waals surface area contributed by atoms with E-state index in [1.165, 1.54) is 0 Å². The lowest BCUT2D eigenvalue weighted by atomic mass is 9.94. The molecular formula is C31H45N3O4. The zero-order valence-electron chi connectivity index (χ0n) is 24.3. The number of nitrogens with one attached hydrogen (secondary N) is 2. The van der Waals surface area contributed by atoms with E-state index in [2.05, 4.69) is 10.6 Å². The van der Waals surface area contributed by atoms with Gasteiger partial charge in [-0.2, -0.15) is 0 Å². The molecule has 0 saturated carbocycles. The number of alkyl carbamates (subject to hydrolysis) is 1. The van der Waals surface area contributed by atoms with Crippen LogP contribution in [0.4, 0.5) is 4.79 Å². The summed E-state index contributed by atoms with van der Waals surface area (Å²) in [6, 6.07) is 13.8. The number of nitrogens with zero attached hydrogens (tertiary/aromatic N) is 1. The molecule has 7 nitrogen and oxygen atoms in total. The van der Waals surface area contributed by atoms with Crippen molar-refractivity contribution in [2.75, 3.05) is 6.54 Å². The third kappa shape index (κ3) is 9.19. The van der Waals surface area contributed by atoms with Crippen LogP contribution in [-0.2, 0) is 20.9 Å². The van der Waals surface area contributed by atoms with E-state index >= 15 is 0 Å². The van der Waals surface area contributed by atoms with Gasteiger partial charge in [0.1, 0.15) is 17.7 Å². The summed E-state index contributed by atoms with van der Waals surface area (Å²) in [7, 11) is 0. The molecule has 38 heavy (non-hydrogen) atoms. The predicted octanol–water partition coefficient (Wildman–Crippen LogP) is 5.84. The van der Waals surface area contributed by atoms with Crippen molar-refractivity contribution in [3.8, 4) is 0 Å². The SMILES string of the molecule is CCCN(C(=O)C(CC(C)C)NC(=O)OC(C)(C)C)C(C(=O)NCc1ccccc1)c1cccc(C)c1C. The quantitative estimate of drug-likeness (QED) is 0.387. The Morgan fingerprint density at radius 2 is 1.63 bits per heavy atom. The first kappa shape index (κ1) is 30.9. The Hall–Kier alpha value is -3.35. The van der Waals surface area contributed by atoms with E-state index in [9.17, 15) is 14.4 Å². The normalized spacial score (nSPS) is 13.0. The zero-order chi connectivity index (χ0) is 28.5. The smallest absolute Gasteiger partial charge is 0.408 e. The van der Waals surface area contributed by atoms with Gasteiger partial charge >= 0.3 is 6.09 Å². The van der Waals surface area contributed by atoms with Gasteiger partial charge in [0.25, 0.3) is 0 Å². The maximum Gasteiger partial charge on any atom is 0.408 e. The predicted molar refractivity (Wildman–Crippen MR) is 152 cm³/mol. The Balaban J connectivity index is 2.48. The standard InChI is InChI=1S/C31H45N3O4/c1-9-18-34(29(36)26(19-21(2)3)33-30(37)38-31(6,7)8)27(25-17-13-14-22(4)23(25)5)28(35)32-20-24-15-11-10-12-16-24/h10-17,21,26-27H,9,18-20H2,1-8H3,(H,32,35)(H,33,37). The van der Waals surface area contributed by atoms with Crippen LogP contribution in [-0.4, -0.2) is 41.0 Å². The fourth-order valence-electron chi connectivity index (χ4n) is 4.35. The first-order valence-corrected chi connectivity index (χ1v) is 13.5. The van der Waals surface area contributed by atoms with E-state index in [4.69, 9.17) is 4.74 Å².